The van der Waals surface area contributed by atoms with Crippen LogP contribution in [0.3, 0.4) is 0 Å². The summed E-state index contributed by atoms with van der Waals surface area (Å²) in [6.45, 7) is 0. The molecule has 0 saturated heterocycles. The first-order valence-corrected chi connectivity index (χ1v) is 4.10. The molecular weight excluding hydrogens is 164 g/mol. The van der Waals surface area contributed by atoms with E-state index in [9.17, 15) is 4.79 Å². The van der Waals surface area contributed by atoms with E-state index in [1.165, 1.54) is 0 Å². The molecule has 2 rings (SSSR count). The molecule has 0 spiro atoms. The third-order valence-electron chi connectivity index (χ3n) is 2.06. The van der Waals surface area contributed by atoms with Gasteiger partial charge in [0.1, 0.15) is 0 Å². The Morgan fingerprint density at radius 1 is 1.38 bits per heavy atom. The van der Waals surface area contributed by atoms with E-state index >= 15 is 0 Å². The quantitative estimate of drug-likeness (QED) is 0.641. The van der Waals surface area contributed by atoms with Crippen molar-refractivity contribution in [3.63, 3.8) is 0 Å². The predicted octanol–water partition coefficient (Wildman–Crippen LogP) is 0.885. The summed E-state index contributed by atoms with van der Waals surface area (Å²) < 4.78 is 0. The first-order chi connectivity index (χ1) is 6.27. The van der Waals surface area contributed by atoms with Crippen LogP contribution in [0.1, 0.15) is 0 Å². The van der Waals surface area contributed by atoms with E-state index in [0.29, 0.717) is 0 Å². The fourth-order valence-electron chi connectivity index (χ4n) is 1.35. The Hall–Kier alpha value is -1.77. The van der Waals surface area contributed by atoms with Crippen molar-refractivity contribution in [2.24, 2.45) is 11.7 Å². The molecule has 13 heavy (non-hydrogen) atoms. The summed E-state index contributed by atoms with van der Waals surface area (Å²) in [4.78, 5) is 12.8. The first kappa shape index (κ1) is 7.86. The monoisotopic (exact) mass is 174 g/mol. The number of amides is 1. The average molecular weight is 174 g/mol. The van der Waals surface area contributed by atoms with Crippen molar-refractivity contribution >= 4 is 5.91 Å². The van der Waals surface area contributed by atoms with Crippen LogP contribution < -0.4 is 5.73 Å². The van der Waals surface area contributed by atoms with Gasteiger partial charge in [-0.25, -0.2) is 0 Å². The number of rotatable bonds is 1. The topological polar surface area (TPSA) is 46.3 Å². The van der Waals surface area contributed by atoms with Crippen LogP contribution >= 0.6 is 0 Å². The summed E-state index contributed by atoms with van der Waals surface area (Å²) in [7, 11) is 0. The normalized spacial score (nSPS) is 24.2. The maximum atomic E-state index is 10.9. The van der Waals surface area contributed by atoms with Gasteiger partial charge in [-0.1, -0.05) is 12.2 Å². The van der Waals surface area contributed by atoms with Crippen LogP contribution in [0.2, 0.25) is 0 Å². The van der Waals surface area contributed by atoms with Gasteiger partial charge in [0.2, 0.25) is 5.91 Å². The van der Waals surface area contributed by atoms with Crippen molar-refractivity contribution in [2.75, 3.05) is 0 Å². The maximum absolute atomic E-state index is 10.9. The van der Waals surface area contributed by atoms with Gasteiger partial charge in [0.05, 0.1) is 5.92 Å². The molecule has 0 aromatic rings. The van der Waals surface area contributed by atoms with E-state index < -0.39 is 0 Å². The lowest BCUT2D eigenvalue weighted by atomic mass is 10.0. The molecule has 3 heteroatoms. The van der Waals surface area contributed by atoms with Crippen molar-refractivity contribution in [1.29, 1.82) is 0 Å². The zero-order valence-corrected chi connectivity index (χ0v) is 7.05. The van der Waals surface area contributed by atoms with E-state index in [0.717, 1.165) is 5.70 Å². The second-order valence-corrected chi connectivity index (χ2v) is 2.97. The highest BCUT2D eigenvalue weighted by atomic mass is 16.1. The number of nitrogens with two attached hydrogens (primary N) is 1. The van der Waals surface area contributed by atoms with Crippen molar-refractivity contribution in [1.82, 2.24) is 4.90 Å². The molecule has 0 saturated carbocycles. The summed E-state index contributed by atoms with van der Waals surface area (Å²) in [6, 6.07) is 0. The molecule has 1 atom stereocenters. The van der Waals surface area contributed by atoms with E-state index in [2.05, 4.69) is 0 Å². The number of carbonyl (C=O) groups is 1. The highest BCUT2D eigenvalue weighted by molar-refractivity contribution is 5.81. The molecule has 2 heterocycles. The van der Waals surface area contributed by atoms with Crippen LogP contribution in [0.5, 0.6) is 0 Å². The standard InChI is InChI=1S/C10H10N2O/c11-10(13)8-4-6-12-5-2-1-3-9(12)7-8/h1-8H,(H2,11,13). The smallest absolute Gasteiger partial charge is 0.228 e. The fraction of sp³-hybridized carbons (Fsp3) is 0.100. The van der Waals surface area contributed by atoms with Crippen LogP contribution in [0.25, 0.3) is 0 Å². The molecule has 1 unspecified atom stereocenters. The van der Waals surface area contributed by atoms with Gasteiger partial charge < -0.3 is 10.6 Å². The van der Waals surface area contributed by atoms with E-state index in [1.807, 2.05) is 41.6 Å². The van der Waals surface area contributed by atoms with E-state index in [4.69, 9.17) is 5.73 Å². The van der Waals surface area contributed by atoms with Crippen LogP contribution in [0, 0.1) is 5.92 Å². The highest BCUT2D eigenvalue weighted by Gasteiger charge is 2.16. The van der Waals surface area contributed by atoms with Crippen molar-refractivity contribution in [3.8, 4) is 0 Å². The summed E-state index contributed by atoms with van der Waals surface area (Å²) in [5, 5.41) is 0. The van der Waals surface area contributed by atoms with Crippen molar-refractivity contribution in [2.45, 2.75) is 0 Å². The van der Waals surface area contributed by atoms with Gasteiger partial charge in [-0.05, 0) is 18.2 Å². The molecular formula is C10H10N2O. The van der Waals surface area contributed by atoms with Crippen molar-refractivity contribution in [3.05, 3.63) is 48.5 Å². The number of carbonyl (C=O) groups excluding carboxylic acids is 1. The summed E-state index contributed by atoms with van der Waals surface area (Å²) in [6.07, 6.45) is 13.2. The number of allylic oxidation sites excluding steroid dienone is 3. The zero-order valence-electron chi connectivity index (χ0n) is 7.05. The Labute approximate surface area is 76.5 Å². The van der Waals surface area contributed by atoms with Gasteiger partial charge >= 0.3 is 0 Å². The fourth-order valence-corrected chi connectivity index (χ4v) is 1.35. The van der Waals surface area contributed by atoms with E-state index in [-0.39, 0.29) is 11.8 Å². The number of hydrogen-bond acceptors (Lipinski definition) is 2. The number of fused-ring (bicyclic) bond motifs is 1. The molecule has 2 N–H and O–H groups in total. The van der Waals surface area contributed by atoms with Crippen LogP contribution in [0.15, 0.2) is 48.5 Å². The van der Waals surface area contributed by atoms with Gasteiger partial charge in [0.15, 0.2) is 0 Å². The summed E-state index contributed by atoms with van der Waals surface area (Å²) >= 11 is 0. The third-order valence-corrected chi connectivity index (χ3v) is 2.06. The lowest BCUT2D eigenvalue weighted by molar-refractivity contribution is -0.119. The second kappa shape index (κ2) is 2.94. The van der Waals surface area contributed by atoms with Gasteiger partial charge in [-0.2, -0.15) is 0 Å². The molecule has 0 bridgehead atoms. The lowest BCUT2D eigenvalue weighted by Crippen LogP contribution is -2.25. The maximum Gasteiger partial charge on any atom is 0.228 e. The van der Waals surface area contributed by atoms with Crippen molar-refractivity contribution < 1.29 is 4.79 Å². The Morgan fingerprint density at radius 2 is 2.23 bits per heavy atom. The zero-order chi connectivity index (χ0) is 9.26. The third kappa shape index (κ3) is 1.40. The van der Waals surface area contributed by atoms with E-state index in [1.54, 1.807) is 6.08 Å². The molecule has 1 amide bonds. The predicted molar refractivity (Wildman–Crippen MR) is 50.0 cm³/mol. The molecule has 0 aliphatic carbocycles. The number of primary amides is 1. The molecule has 0 aromatic carbocycles. The van der Waals surface area contributed by atoms with Gasteiger partial charge in [-0.3, -0.25) is 4.79 Å². The van der Waals surface area contributed by atoms with Gasteiger partial charge in [0, 0.05) is 18.1 Å². The molecule has 66 valence electrons. The largest absolute Gasteiger partial charge is 0.369 e. The minimum absolute atomic E-state index is 0.276. The van der Waals surface area contributed by atoms with Gasteiger partial charge in [0.25, 0.3) is 0 Å². The minimum atomic E-state index is -0.314. The molecule has 2 aliphatic rings. The van der Waals surface area contributed by atoms with Crippen LogP contribution in [-0.2, 0) is 4.79 Å². The Balaban J connectivity index is 2.27. The molecule has 0 aromatic heterocycles. The number of nitrogens with zero attached hydrogens (tertiary/aromatic N) is 1. The van der Waals surface area contributed by atoms with Gasteiger partial charge in [-0.15, -0.1) is 0 Å². The second-order valence-electron chi connectivity index (χ2n) is 2.97. The van der Waals surface area contributed by atoms with Crippen LogP contribution in [-0.4, -0.2) is 10.8 Å². The lowest BCUT2D eigenvalue weighted by Gasteiger charge is -2.24. The summed E-state index contributed by atoms with van der Waals surface area (Å²) in [5.41, 5.74) is 6.19. The average Bonchev–Trinajstić information content (AvgIpc) is 2.17. The molecule has 3 nitrogen and oxygen atoms in total. The molecule has 2 aliphatic heterocycles. The molecule has 0 radical (unpaired) electrons. The SMILES string of the molecule is NC(=O)C1C=CN2C=CC=CC2=C1. The number of hydrogen-bond donors (Lipinski definition) is 1. The Morgan fingerprint density at radius 3 is 3.00 bits per heavy atom. The van der Waals surface area contributed by atoms with Crippen LogP contribution in [0.4, 0.5) is 0 Å². The minimum Gasteiger partial charge on any atom is -0.369 e. The highest BCUT2D eigenvalue weighted by Crippen LogP contribution is 2.20. The first-order valence-electron chi connectivity index (χ1n) is 4.10. The summed E-state index contributed by atoms with van der Waals surface area (Å²) in [5.74, 6) is -0.589. The molecule has 0 fully saturated rings. The Bertz CT molecular complexity index is 350. The Kier molecular flexibility index (Phi) is 1.77.